The fourth-order valence-corrected chi connectivity index (χ4v) is 2.36. The molecule has 0 saturated heterocycles. The van der Waals surface area contributed by atoms with Crippen molar-refractivity contribution in [1.29, 1.82) is 0 Å². The number of fused-ring (bicyclic) bond motifs is 1. The number of carbonyl (C=O) groups is 1. The van der Waals surface area contributed by atoms with Crippen molar-refractivity contribution in [2.24, 2.45) is 0 Å². The molecule has 0 aliphatic carbocycles. The van der Waals surface area contributed by atoms with Crippen LogP contribution in [0.3, 0.4) is 0 Å². The summed E-state index contributed by atoms with van der Waals surface area (Å²) in [5, 5.41) is 18.7. The van der Waals surface area contributed by atoms with Crippen LogP contribution in [0.15, 0.2) is 18.2 Å². The number of benzene rings is 1. The van der Waals surface area contributed by atoms with Crippen LogP contribution < -0.4 is 4.74 Å². The average molecular weight is 264 g/mol. The number of hydrogen-bond donors (Lipinski definition) is 2. The first kappa shape index (κ1) is 13.9. The fraction of sp³-hybridized carbons (Fsp3) is 0.533. The van der Waals surface area contributed by atoms with Gasteiger partial charge in [-0.25, -0.2) is 0 Å². The third-order valence-corrected chi connectivity index (χ3v) is 3.57. The Balaban J connectivity index is 2.07. The van der Waals surface area contributed by atoms with Crippen LogP contribution in [0.2, 0.25) is 0 Å². The number of carboxylic acids is 1. The average Bonchev–Trinajstić information content (AvgIpc) is 2.64. The second-order valence-electron chi connectivity index (χ2n) is 5.73. The summed E-state index contributed by atoms with van der Waals surface area (Å²) in [7, 11) is 0. The Morgan fingerprint density at radius 3 is 2.89 bits per heavy atom. The van der Waals surface area contributed by atoms with Crippen LogP contribution in [0.5, 0.6) is 5.75 Å². The van der Waals surface area contributed by atoms with Crippen molar-refractivity contribution in [3.05, 3.63) is 29.3 Å². The third-order valence-electron chi connectivity index (χ3n) is 3.57. The van der Waals surface area contributed by atoms with Crippen LogP contribution in [0.4, 0.5) is 0 Å². The summed E-state index contributed by atoms with van der Waals surface area (Å²) >= 11 is 0. The highest BCUT2D eigenvalue weighted by molar-refractivity contribution is 5.66. The van der Waals surface area contributed by atoms with E-state index in [9.17, 15) is 9.90 Å². The van der Waals surface area contributed by atoms with Gasteiger partial charge in [-0.3, -0.25) is 4.79 Å². The van der Waals surface area contributed by atoms with E-state index in [0.29, 0.717) is 19.4 Å². The predicted octanol–water partition coefficient (Wildman–Crippen LogP) is 2.64. The molecule has 0 amide bonds. The summed E-state index contributed by atoms with van der Waals surface area (Å²) in [6, 6.07) is 5.72. The molecule has 104 valence electrons. The number of ether oxygens (including phenoxy) is 1. The molecule has 4 nitrogen and oxygen atoms in total. The molecule has 0 bridgehead atoms. The molecule has 1 unspecified atom stereocenters. The zero-order chi connectivity index (χ0) is 14.0. The van der Waals surface area contributed by atoms with E-state index in [2.05, 4.69) is 13.8 Å². The number of aliphatic hydroxyl groups excluding tert-OH is 1. The minimum atomic E-state index is -0.823. The van der Waals surface area contributed by atoms with Gasteiger partial charge in [0.05, 0.1) is 12.7 Å². The molecule has 1 aromatic carbocycles. The minimum Gasteiger partial charge on any atom is -0.492 e. The topological polar surface area (TPSA) is 66.8 Å². The van der Waals surface area contributed by atoms with E-state index in [1.165, 1.54) is 0 Å². The lowest BCUT2D eigenvalue weighted by Gasteiger charge is -2.17. The molecule has 1 heterocycles. The van der Waals surface area contributed by atoms with Crippen LogP contribution in [-0.4, -0.2) is 22.8 Å². The van der Waals surface area contributed by atoms with Gasteiger partial charge in [-0.05, 0) is 30.5 Å². The molecule has 2 N–H and O–H groups in total. The van der Waals surface area contributed by atoms with Gasteiger partial charge in [-0.15, -0.1) is 0 Å². The first-order chi connectivity index (χ1) is 8.90. The number of hydrogen-bond acceptors (Lipinski definition) is 3. The van der Waals surface area contributed by atoms with Crippen LogP contribution >= 0.6 is 0 Å². The van der Waals surface area contributed by atoms with Crippen LogP contribution in [-0.2, 0) is 10.2 Å². The van der Waals surface area contributed by atoms with Gasteiger partial charge < -0.3 is 14.9 Å². The Bertz CT molecular complexity index is 479. The number of rotatable bonds is 5. The molecular formula is C15H20O4. The van der Waals surface area contributed by atoms with Gasteiger partial charge in [-0.2, -0.15) is 0 Å². The van der Waals surface area contributed by atoms with Crippen LogP contribution in [0.25, 0.3) is 0 Å². The maximum atomic E-state index is 10.5. The maximum absolute atomic E-state index is 10.5. The van der Waals surface area contributed by atoms with E-state index in [4.69, 9.17) is 9.84 Å². The zero-order valence-electron chi connectivity index (χ0n) is 11.3. The van der Waals surface area contributed by atoms with Crippen molar-refractivity contribution >= 4 is 5.97 Å². The lowest BCUT2D eigenvalue weighted by molar-refractivity contribution is -0.137. The Morgan fingerprint density at radius 1 is 1.47 bits per heavy atom. The first-order valence-electron chi connectivity index (χ1n) is 6.57. The van der Waals surface area contributed by atoms with E-state index < -0.39 is 12.1 Å². The van der Waals surface area contributed by atoms with Crippen molar-refractivity contribution in [2.75, 3.05) is 6.61 Å². The number of aliphatic hydroxyl groups is 1. The lowest BCUT2D eigenvalue weighted by atomic mass is 9.85. The van der Waals surface area contributed by atoms with Gasteiger partial charge in [0.1, 0.15) is 5.75 Å². The molecule has 0 spiro atoms. The van der Waals surface area contributed by atoms with E-state index in [1.807, 2.05) is 18.2 Å². The van der Waals surface area contributed by atoms with Gasteiger partial charge >= 0.3 is 5.97 Å². The van der Waals surface area contributed by atoms with Crippen molar-refractivity contribution < 1.29 is 19.7 Å². The fourth-order valence-electron chi connectivity index (χ4n) is 2.36. The van der Waals surface area contributed by atoms with Crippen molar-refractivity contribution in [2.45, 2.75) is 44.6 Å². The SMILES string of the molecule is CC1(C)COc2ccc(C(O)CCCC(=O)O)cc21. The normalized spacial score (nSPS) is 17.6. The molecule has 0 radical (unpaired) electrons. The smallest absolute Gasteiger partial charge is 0.303 e. The monoisotopic (exact) mass is 264 g/mol. The summed E-state index contributed by atoms with van der Waals surface area (Å²) in [5.41, 5.74) is 1.91. The molecular weight excluding hydrogens is 244 g/mol. The molecule has 1 aromatic rings. The number of carboxylic acid groups (broad SMARTS) is 1. The minimum absolute atomic E-state index is 0.0356. The maximum Gasteiger partial charge on any atom is 0.303 e. The standard InChI is InChI=1S/C15H20O4/c1-15(2)9-19-13-7-6-10(8-11(13)15)12(16)4-3-5-14(17)18/h6-8,12,16H,3-5,9H2,1-2H3,(H,17,18). The molecule has 0 saturated carbocycles. The highest BCUT2D eigenvalue weighted by atomic mass is 16.5. The van der Waals surface area contributed by atoms with Crippen LogP contribution in [0.1, 0.15) is 50.3 Å². The molecule has 19 heavy (non-hydrogen) atoms. The summed E-state index contributed by atoms with van der Waals surface area (Å²) in [4.78, 5) is 10.5. The van der Waals surface area contributed by atoms with Gasteiger partial charge in [0.2, 0.25) is 0 Å². The lowest BCUT2D eigenvalue weighted by Crippen LogP contribution is -2.18. The highest BCUT2D eigenvalue weighted by Crippen LogP contribution is 2.39. The summed E-state index contributed by atoms with van der Waals surface area (Å²) < 4.78 is 5.60. The Morgan fingerprint density at radius 2 is 2.21 bits per heavy atom. The summed E-state index contributed by atoms with van der Waals surface area (Å²) in [5.74, 6) is 0.0576. The molecule has 4 heteroatoms. The molecule has 0 fully saturated rings. The first-order valence-corrected chi connectivity index (χ1v) is 6.57. The Kier molecular flexibility index (Phi) is 3.80. The van der Waals surface area contributed by atoms with Gasteiger partial charge in [0.15, 0.2) is 0 Å². The third kappa shape index (κ3) is 3.07. The zero-order valence-corrected chi connectivity index (χ0v) is 11.3. The molecule has 1 atom stereocenters. The van der Waals surface area contributed by atoms with E-state index in [1.54, 1.807) is 0 Å². The van der Waals surface area contributed by atoms with E-state index >= 15 is 0 Å². The second kappa shape index (κ2) is 5.21. The Hall–Kier alpha value is -1.55. The quantitative estimate of drug-likeness (QED) is 0.858. The van der Waals surface area contributed by atoms with Gasteiger partial charge in [-0.1, -0.05) is 19.9 Å². The summed E-state index contributed by atoms with van der Waals surface area (Å²) in [6.45, 7) is 4.87. The largest absolute Gasteiger partial charge is 0.492 e. The van der Waals surface area contributed by atoms with Crippen molar-refractivity contribution in [3.8, 4) is 5.75 Å². The molecule has 2 rings (SSSR count). The van der Waals surface area contributed by atoms with E-state index in [-0.39, 0.29) is 11.8 Å². The number of aliphatic carboxylic acids is 1. The van der Waals surface area contributed by atoms with Crippen LogP contribution in [0, 0.1) is 0 Å². The summed E-state index contributed by atoms with van der Waals surface area (Å²) in [6.07, 6.45) is 0.428. The predicted molar refractivity (Wildman–Crippen MR) is 71.4 cm³/mol. The van der Waals surface area contributed by atoms with Gasteiger partial charge in [0.25, 0.3) is 0 Å². The molecule has 1 aliphatic heterocycles. The molecule has 0 aromatic heterocycles. The van der Waals surface area contributed by atoms with E-state index in [0.717, 1.165) is 16.9 Å². The Labute approximate surface area is 113 Å². The van der Waals surface area contributed by atoms with Crippen molar-refractivity contribution in [1.82, 2.24) is 0 Å². The van der Waals surface area contributed by atoms with Gasteiger partial charge in [0, 0.05) is 17.4 Å². The highest BCUT2D eigenvalue weighted by Gasteiger charge is 2.32. The second-order valence-corrected chi connectivity index (χ2v) is 5.73. The molecule has 1 aliphatic rings. The van der Waals surface area contributed by atoms with Crippen molar-refractivity contribution in [3.63, 3.8) is 0 Å².